The van der Waals surface area contributed by atoms with Crippen LogP contribution in [0, 0.1) is 0 Å². The first-order valence-electron chi connectivity index (χ1n) is 52.4. The monoisotopic (exact) mass is 1910 g/mol. The van der Waals surface area contributed by atoms with Crippen molar-refractivity contribution in [3.05, 3.63) is 442 Å². The summed E-state index contributed by atoms with van der Waals surface area (Å²) in [6.07, 6.45) is 0. The normalized spacial score (nSPS) is 13.6. The molecule has 27 rings (SSSR count). The van der Waals surface area contributed by atoms with Crippen molar-refractivity contribution in [3.63, 3.8) is 0 Å². The van der Waals surface area contributed by atoms with Crippen molar-refractivity contribution in [1.82, 2.24) is 44.9 Å². The van der Waals surface area contributed by atoms with Crippen LogP contribution in [-0.2, 0) is 0 Å². The van der Waals surface area contributed by atoms with Crippen LogP contribution in [0.1, 0.15) is 26.0 Å². The average molecular weight is 1910 g/mol. The van der Waals surface area contributed by atoms with E-state index < -0.39 is 89.4 Å². The van der Waals surface area contributed by atoms with Crippen LogP contribution in [0.5, 0.6) is 0 Å². The summed E-state index contributed by atoms with van der Waals surface area (Å²) in [5, 5.41) is 19.1. The molecular weight excluding hydrogens is 1820 g/mol. The summed E-state index contributed by atoms with van der Waals surface area (Å²) in [5.74, 6) is 2.56. The molecule has 0 radical (unpaired) electrons. The Morgan fingerprint density at radius 2 is 0.489 bits per heavy atom. The van der Waals surface area contributed by atoms with Crippen molar-refractivity contribution in [2.45, 2.75) is 0 Å². The molecule has 620 valence electrons. The first-order valence-corrected chi connectivity index (χ1v) is 48.0. The zero-order valence-corrected chi connectivity index (χ0v) is 75.1. The Morgan fingerprint density at radius 1 is 0.150 bits per heavy atom. The third kappa shape index (κ3) is 14.6. The van der Waals surface area contributed by atoms with Gasteiger partial charge in [-0.15, -0.1) is 0 Å². The number of fused-ring (bicyclic) bond motifs is 21. The predicted molar refractivity (Wildman–Crippen MR) is 558 cm³/mol. The summed E-state index contributed by atoms with van der Waals surface area (Å²) in [6, 6.07) is 105. The van der Waals surface area contributed by atoms with Crippen LogP contribution >= 0.6 is 0 Å². The van der Waals surface area contributed by atoms with Crippen molar-refractivity contribution < 1.29 is 26.0 Å². The second kappa shape index (κ2) is 33.8. The molecule has 6 heterocycles. The minimum absolute atomic E-state index is 0.00238. The van der Waals surface area contributed by atoms with E-state index in [0.717, 1.165) is 82.0 Å². The van der Waals surface area contributed by atoms with Crippen LogP contribution in [0.2, 0.25) is 0 Å². The molecule has 12 heteroatoms. The SMILES string of the molecule is [2H]c1c([2H])c([2H])c(-c2nc(-c3ccc4ccc5ccccc5c4c3)nc(-c3c([2H])c([2H])c([2H])c4c3[se]c3c([2H])c([2H])c([2H])c([2H])c34)n2)c([2H])c1[2H].[2H]c1c([2H])c([2H])c2c([se]c3c(-c4nc(-c5ccccc5)nc(-c5ccc6c(ccc7ccccc76)c5)n4)c([2H])c([2H])c([2H])c32)c1[2H].c1ccc(-c2cccc(-c3nc(-c4ccccc4)nc(-c4cccc5c4[se]c4c(-c6ccc7c8ccccc8c8ccccc8c7c6)cccc45)n3)c2)cc1. The van der Waals surface area contributed by atoms with E-state index in [4.69, 9.17) is 60.9 Å². The van der Waals surface area contributed by atoms with Gasteiger partial charge < -0.3 is 0 Å². The molecule has 0 saturated carbocycles. The van der Waals surface area contributed by atoms with Crippen molar-refractivity contribution in [2.24, 2.45) is 0 Å². The molecule has 0 fully saturated rings. The van der Waals surface area contributed by atoms with Gasteiger partial charge in [0, 0.05) is 0 Å². The standard InChI is InChI=1S/C51H31N3Se.2C35H21N3Se/c1-3-14-32(15-4-1)34-18-11-19-36(30-34)50-52-49(33-16-5-2-6-17-33)53-51(54-50)45-27-13-26-44-43-25-12-24-37(47(43)55-48(44)45)35-28-29-42-40-22-8-7-20-38(40)39-21-9-10-23-41(39)46(42)31-35;1-2-10-24(11-3-1)33-36-34(25-20-19-23-18-17-22-9-4-5-12-26(22)30(23)21-25)38-35(37-33)29-15-8-14-28-27-13-6-7-16-31(27)39-32(28)29;1-2-10-23(11-3-1)33-36-34(25-19-20-27-24(21-25)18-17-22-9-4-5-12-26(22)27)38-35(37-33)30-15-8-14-29-28-13-6-7-16-31(28)39-32(29)30/h1-31H;2*1-21H/i;1D,2D,3D,6D,7D,8D,10D,11D,13D,14D,15D,16D;6D,7D,8D,13D,14D,15D,16D. The topological polar surface area (TPSA) is 116 Å². The fraction of sp³-hybridized carbons (Fsp3) is 0. The van der Waals surface area contributed by atoms with Gasteiger partial charge in [-0.1, -0.05) is 6.07 Å². The Hall–Kier alpha value is -16.0. The summed E-state index contributed by atoms with van der Waals surface area (Å²) >= 11 is -1.55. The van der Waals surface area contributed by atoms with Crippen LogP contribution in [0.15, 0.2) is 442 Å². The van der Waals surface area contributed by atoms with Crippen molar-refractivity contribution >= 4 is 177 Å². The number of rotatable bonds is 11. The number of hydrogen-bond donors (Lipinski definition) is 0. The number of aromatic nitrogens is 9. The Bertz CT molecular complexity index is 10500. The molecular formula is C121H73N9Se3. The van der Waals surface area contributed by atoms with E-state index in [0.29, 0.717) is 47.5 Å². The average Bonchev–Trinajstić information content (AvgIpc) is 1.58. The zero-order valence-electron chi connectivity index (χ0n) is 88.9. The third-order valence-electron chi connectivity index (χ3n) is 24.1. The summed E-state index contributed by atoms with van der Waals surface area (Å²) in [6.45, 7) is 0. The van der Waals surface area contributed by atoms with Gasteiger partial charge >= 0.3 is 809 Å². The quantitative estimate of drug-likeness (QED) is 0.0922. The second-order valence-corrected chi connectivity index (χ2v) is 38.3. The van der Waals surface area contributed by atoms with Gasteiger partial charge in [-0.25, -0.2) is 0 Å². The molecule has 0 N–H and O–H groups in total. The van der Waals surface area contributed by atoms with Gasteiger partial charge in [0.2, 0.25) is 0 Å². The van der Waals surface area contributed by atoms with Gasteiger partial charge in [0.05, 0.1) is 0 Å². The van der Waals surface area contributed by atoms with Crippen LogP contribution in [0.4, 0.5) is 0 Å². The van der Waals surface area contributed by atoms with E-state index in [2.05, 4.69) is 198 Å². The van der Waals surface area contributed by atoms with Crippen LogP contribution < -0.4 is 0 Å². The molecule has 133 heavy (non-hydrogen) atoms. The molecule has 0 saturated heterocycles. The summed E-state index contributed by atoms with van der Waals surface area (Å²) < 4.78 is 167. The first-order chi connectivity index (χ1) is 73.8. The number of hydrogen-bond acceptors (Lipinski definition) is 9. The third-order valence-corrected chi connectivity index (χ3v) is 31.5. The van der Waals surface area contributed by atoms with E-state index in [1.54, 1.807) is 6.07 Å². The predicted octanol–water partition coefficient (Wildman–Crippen LogP) is 30.1. The van der Waals surface area contributed by atoms with E-state index in [9.17, 15) is 0 Å². The Labute approximate surface area is 809 Å². The Balaban J connectivity index is 0.000000118. The fourth-order valence-electron chi connectivity index (χ4n) is 17.8. The van der Waals surface area contributed by atoms with Gasteiger partial charge in [0.1, 0.15) is 0 Å². The van der Waals surface area contributed by atoms with E-state index in [1.165, 1.54) is 62.7 Å². The fourth-order valence-corrected chi connectivity index (χ4v) is 25.1. The summed E-state index contributed by atoms with van der Waals surface area (Å²) in [5.41, 5.74) is 9.74. The maximum atomic E-state index is 9.05. The van der Waals surface area contributed by atoms with Crippen LogP contribution in [-0.4, -0.2) is 88.4 Å². The van der Waals surface area contributed by atoms with Gasteiger partial charge in [0.25, 0.3) is 0 Å². The first kappa shape index (κ1) is 61.5. The van der Waals surface area contributed by atoms with Gasteiger partial charge in [-0.3, -0.25) is 0 Å². The second-order valence-electron chi connectivity index (χ2n) is 31.9. The summed E-state index contributed by atoms with van der Waals surface area (Å²) in [4.78, 5) is 44.0. The molecule has 0 atom stereocenters. The molecule has 0 unspecified atom stereocenters. The van der Waals surface area contributed by atoms with E-state index in [1.807, 2.05) is 133 Å². The molecule has 21 aromatic carbocycles. The molecule has 0 aliphatic heterocycles. The van der Waals surface area contributed by atoms with Crippen molar-refractivity contribution in [2.75, 3.05) is 0 Å². The van der Waals surface area contributed by atoms with Crippen LogP contribution in [0.25, 0.3) is 258 Å². The molecule has 0 bridgehead atoms. The molecule has 6 aromatic heterocycles. The van der Waals surface area contributed by atoms with E-state index in [-0.39, 0.29) is 135 Å². The Morgan fingerprint density at radius 3 is 1.06 bits per heavy atom. The minimum atomic E-state index is -0.874. The van der Waals surface area contributed by atoms with Crippen molar-refractivity contribution in [1.29, 1.82) is 0 Å². The number of benzene rings is 21. The molecule has 0 amide bonds. The van der Waals surface area contributed by atoms with Gasteiger partial charge in [-0.2, -0.15) is 0 Å². The van der Waals surface area contributed by atoms with Gasteiger partial charge in [0.15, 0.2) is 0 Å². The number of nitrogens with zero attached hydrogens (tertiary/aromatic N) is 9. The summed E-state index contributed by atoms with van der Waals surface area (Å²) in [7, 11) is 0. The molecule has 0 aliphatic rings. The zero-order chi connectivity index (χ0) is 104. The van der Waals surface area contributed by atoms with E-state index >= 15 is 0 Å². The Kier molecular flexibility index (Phi) is 15.6. The van der Waals surface area contributed by atoms with Crippen LogP contribution in [0.3, 0.4) is 0 Å². The molecule has 9 nitrogen and oxygen atoms in total. The van der Waals surface area contributed by atoms with Gasteiger partial charge in [-0.05, 0) is 0 Å². The molecule has 0 aliphatic carbocycles. The van der Waals surface area contributed by atoms with Crippen molar-refractivity contribution in [3.8, 4) is 125 Å². The maximum absolute atomic E-state index is 9.05. The molecule has 0 spiro atoms. The molecule has 27 aromatic rings.